The molecule has 0 unspecified atom stereocenters. The SMILES string of the molecule is COc1cccc(C(=O)Oc2ccc3c(c2)C(C)=CC(C)(C)N3C(=O)c2cccc(OC)c2)c1. The van der Waals surface area contributed by atoms with E-state index < -0.39 is 11.5 Å². The molecule has 1 aliphatic heterocycles. The van der Waals surface area contributed by atoms with Crippen LogP contribution in [0.15, 0.2) is 72.8 Å². The highest BCUT2D eigenvalue weighted by atomic mass is 16.5. The normalized spacial score (nSPS) is 14.0. The second-order valence-electron chi connectivity index (χ2n) is 8.65. The molecule has 0 aliphatic carbocycles. The molecule has 1 aliphatic rings. The molecular formula is C28H27NO5. The van der Waals surface area contributed by atoms with Crippen LogP contribution in [0.5, 0.6) is 17.2 Å². The number of hydrogen-bond donors (Lipinski definition) is 0. The van der Waals surface area contributed by atoms with Crippen LogP contribution in [-0.2, 0) is 0 Å². The molecule has 1 amide bonds. The highest BCUT2D eigenvalue weighted by Crippen LogP contribution is 2.41. The molecule has 0 bridgehead atoms. The molecule has 6 nitrogen and oxygen atoms in total. The third-order valence-corrected chi connectivity index (χ3v) is 5.82. The van der Waals surface area contributed by atoms with E-state index in [-0.39, 0.29) is 5.91 Å². The summed E-state index contributed by atoms with van der Waals surface area (Å²) < 4.78 is 16.1. The molecule has 0 saturated heterocycles. The van der Waals surface area contributed by atoms with E-state index in [1.165, 1.54) is 0 Å². The third-order valence-electron chi connectivity index (χ3n) is 5.82. The van der Waals surface area contributed by atoms with Gasteiger partial charge in [0.25, 0.3) is 5.91 Å². The second kappa shape index (κ2) is 9.06. The zero-order valence-corrected chi connectivity index (χ0v) is 19.9. The Hall–Kier alpha value is -4.06. The van der Waals surface area contributed by atoms with Crippen LogP contribution in [0.1, 0.15) is 47.1 Å². The Balaban J connectivity index is 1.68. The Morgan fingerprint density at radius 2 is 1.41 bits per heavy atom. The number of allylic oxidation sites excluding steroid dienone is 1. The van der Waals surface area contributed by atoms with Crippen LogP contribution < -0.4 is 19.1 Å². The van der Waals surface area contributed by atoms with Crippen LogP contribution in [0.25, 0.3) is 5.57 Å². The monoisotopic (exact) mass is 457 g/mol. The number of carbonyl (C=O) groups excluding carboxylic acids is 2. The summed E-state index contributed by atoms with van der Waals surface area (Å²) in [4.78, 5) is 28.1. The zero-order valence-electron chi connectivity index (χ0n) is 19.9. The fraction of sp³-hybridized carbons (Fsp3) is 0.214. The van der Waals surface area contributed by atoms with Crippen molar-refractivity contribution >= 4 is 23.1 Å². The molecule has 1 heterocycles. The lowest BCUT2D eigenvalue weighted by Gasteiger charge is -2.41. The van der Waals surface area contributed by atoms with E-state index >= 15 is 0 Å². The summed E-state index contributed by atoms with van der Waals surface area (Å²) in [5.74, 6) is 0.962. The average molecular weight is 458 g/mol. The largest absolute Gasteiger partial charge is 0.497 e. The molecule has 4 rings (SSSR count). The van der Waals surface area contributed by atoms with Crippen molar-refractivity contribution in [1.29, 1.82) is 0 Å². The summed E-state index contributed by atoms with van der Waals surface area (Å²) in [6, 6.07) is 19.2. The molecule has 3 aromatic carbocycles. The van der Waals surface area contributed by atoms with Crippen molar-refractivity contribution in [2.45, 2.75) is 26.3 Å². The molecule has 0 spiro atoms. The standard InChI is InChI=1S/C28H27NO5/c1-18-17-28(2,3)29(26(30)19-8-6-10-21(14-19)32-4)25-13-12-23(16-24(18)25)34-27(31)20-9-7-11-22(15-20)33-5/h6-17H,1-5H3. The Kier molecular flexibility index (Phi) is 6.16. The fourth-order valence-electron chi connectivity index (χ4n) is 4.24. The summed E-state index contributed by atoms with van der Waals surface area (Å²) in [5.41, 5.74) is 2.93. The van der Waals surface area contributed by atoms with Crippen LogP contribution in [0.4, 0.5) is 5.69 Å². The number of amides is 1. The van der Waals surface area contributed by atoms with Crippen LogP contribution in [0.3, 0.4) is 0 Å². The van der Waals surface area contributed by atoms with Gasteiger partial charge in [-0.15, -0.1) is 0 Å². The topological polar surface area (TPSA) is 65.1 Å². The first-order chi connectivity index (χ1) is 16.2. The maximum atomic E-state index is 13.6. The minimum Gasteiger partial charge on any atom is -0.497 e. The van der Waals surface area contributed by atoms with Crippen molar-refractivity contribution in [3.8, 4) is 17.2 Å². The quantitative estimate of drug-likeness (QED) is 0.360. The first-order valence-electron chi connectivity index (χ1n) is 10.9. The number of anilines is 1. The molecular weight excluding hydrogens is 430 g/mol. The van der Waals surface area contributed by atoms with Crippen LogP contribution in [0.2, 0.25) is 0 Å². The highest BCUT2D eigenvalue weighted by Gasteiger charge is 2.36. The fourth-order valence-corrected chi connectivity index (χ4v) is 4.24. The van der Waals surface area contributed by atoms with Gasteiger partial charge < -0.3 is 14.2 Å². The van der Waals surface area contributed by atoms with Gasteiger partial charge in [0.2, 0.25) is 0 Å². The maximum Gasteiger partial charge on any atom is 0.343 e. The summed E-state index contributed by atoms with van der Waals surface area (Å²) in [6.07, 6.45) is 2.04. The first-order valence-corrected chi connectivity index (χ1v) is 10.9. The smallest absolute Gasteiger partial charge is 0.343 e. The number of methoxy groups -OCH3 is 2. The number of ether oxygens (including phenoxy) is 3. The molecule has 6 heteroatoms. The van der Waals surface area contributed by atoms with Crippen molar-refractivity contribution < 1.29 is 23.8 Å². The van der Waals surface area contributed by atoms with Crippen molar-refractivity contribution in [2.75, 3.05) is 19.1 Å². The van der Waals surface area contributed by atoms with E-state index in [1.807, 2.05) is 32.9 Å². The van der Waals surface area contributed by atoms with Gasteiger partial charge in [-0.05, 0) is 80.9 Å². The Morgan fingerprint density at radius 1 is 0.794 bits per heavy atom. The number of benzene rings is 3. The summed E-state index contributed by atoms with van der Waals surface area (Å²) in [5, 5.41) is 0. The van der Waals surface area contributed by atoms with Crippen molar-refractivity contribution in [1.82, 2.24) is 0 Å². The van der Waals surface area contributed by atoms with E-state index in [4.69, 9.17) is 14.2 Å². The van der Waals surface area contributed by atoms with Gasteiger partial charge in [-0.1, -0.05) is 18.2 Å². The third kappa shape index (κ3) is 4.39. The number of carbonyl (C=O) groups is 2. The molecule has 174 valence electrons. The minimum atomic E-state index is -0.559. The molecule has 3 aromatic rings. The van der Waals surface area contributed by atoms with Crippen molar-refractivity contribution in [3.05, 3.63) is 89.5 Å². The Bertz CT molecular complexity index is 1290. The second-order valence-corrected chi connectivity index (χ2v) is 8.65. The van der Waals surface area contributed by atoms with E-state index in [0.29, 0.717) is 28.4 Å². The minimum absolute atomic E-state index is 0.143. The highest BCUT2D eigenvalue weighted by molar-refractivity contribution is 6.10. The van der Waals surface area contributed by atoms with E-state index in [9.17, 15) is 9.59 Å². The lowest BCUT2D eigenvalue weighted by atomic mass is 9.88. The average Bonchev–Trinajstić information content (AvgIpc) is 2.83. The number of hydrogen-bond acceptors (Lipinski definition) is 5. The van der Waals surface area contributed by atoms with Gasteiger partial charge in [0.1, 0.15) is 17.2 Å². The van der Waals surface area contributed by atoms with Crippen LogP contribution >= 0.6 is 0 Å². The summed E-state index contributed by atoms with van der Waals surface area (Å²) >= 11 is 0. The van der Waals surface area contributed by atoms with Gasteiger partial charge in [-0.2, -0.15) is 0 Å². The van der Waals surface area contributed by atoms with Gasteiger partial charge in [0.05, 0.1) is 31.0 Å². The van der Waals surface area contributed by atoms with Gasteiger partial charge in [0.15, 0.2) is 0 Å². The molecule has 0 fully saturated rings. The van der Waals surface area contributed by atoms with E-state index in [1.54, 1.807) is 79.8 Å². The predicted octanol–water partition coefficient (Wildman–Crippen LogP) is 5.77. The van der Waals surface area contributed by atoms with Crippen molar-refractivity contribution in [3.63, 3.8) is 0 Å². The maximum absolute atomic E-state index is 13.6. The molecule has 0 radical (unpaired) electrons. The summed E-state index contributed by atoms with van der Waals surface area (Å²) in [7, 11) is 3.12. The van der Waals surface area contributed by atoms with E-state index in [0.717, 1.165) is 16.8 Å². The number of esters is 1. The van der Waals surface area contributed by atoms with Crippen LogP contribution in [-0.4, -0.2) is 31.6 Å². The molecule has 0 atom stereocenters. The molecule has 0 saturated carbocycles. The predicted molar refractivity (Wildman–Crippen MR) is 132 cm³/mol. The lowest BCUT2D eigenvalue weighted by molar-refractivity contribution is 0.0734. The zero-order chi connectivity index (χ0) is 24.5. The number of nitrogens with zero attached hydrogens (tertiary/aromatic N) is 1. The van der Waals surface area contributed by atoms with Gasteiger partial charge >= 0.3 is 5.97 Å². The molecule has 0 aromatic heterocycles. The summed E-state index contributed by atoms with van der Waals surface area (Å²) in [6.45, 7) is 5.98. The van der Waals surface area contributed by atoms with Crippen molar-refractivity contribution in [2.24, 2.45) is 0 Å². The number of rotatable bonds is 5. The van der Waals surface area contributed by atoms with Gasteiger partial charge in [-0.3, -0.25) is 9.69 Å². The first kappa shape index (κ1) is 23.1. The Morgan fingerprint density at radius 3 is 2.06 bits per heavy atom. The number of fused-ring (bicyclic) bond motifs is 1. The molecule has 0 N–H and O–H groups in total. The van der Waals surface area contributed by atoms with Gasteiger partial charge in [0, 0.05) is 11.1 Å². The van der Waals surface area contributed by atoms with Crippen LogP contribution in [0, 0.1) is 0 Å². The lowest BCUT2D eigenvalue weighted by Crippen LogP contribution is -2.49. The molecule has 34 heavy (non-hydrogen) atoms. The van der Waals surface area contributed by atoms with E-state index in [2.05, 4.69) is 0 Å². The van der Waals surface area contributed by atoms with Gasteiger partial charge in [-0.25, -0.2) is 4.79 Å². The Labute approximate surface area is 199 Å².